The molecule has 0 fully saturated rings. The molecule has 1 aromatic carbocycles. The second-order valence-electron chi connectivity index (χ2n) is 4.48. The van der Waals surface area contributed by atoms with Crippen LogP contribution in [0, 0.1) is 12.8 Å². The summed E-state index contributed by atoms with van der Waals surface area (Å²) in [5.41, 5.74) is 8.06. The molecule has 2 atom stereocenters. The molecule has 0 unspecified atom stereocenters. The number of ether oxygens (including phenoxy) is 1. The van der Waals surface area contributed by atoms with Crippen LogP contribution < -0.4 is 10.5 Å². The molecule has 4 heteroatoms. The predicted octanol–water partition coefficient (Wildman–Crippen LogP) is 2.44. The molecule has 3 N–H and O–H groups in total. The minimum atomic E-state index is -0.521. The van der Waals surface area contributed by atoms with E-state index in [1.54, 1.807) is 7.11 Å². The first-order valence-electron chi connectivity index (χ1n) is 5.55. The fourth-order valence-electron chi connectivity index (χ4n) is 1.75. The summed E-state index contributed by atoms with van der Waals surface area (Å²) in [5.74, 6) is 0.962. The van der Waals surface area contributed by atoms with Crippen LogP contribution in [0.15, 0.2) is 18.2 Å². The van der Waals surface area contributed by atoms with Gasteiger partial charge in [-0.05, 0) is 36.1 Å². The summed E-state index contributed by atoms with van der Waals surface area (Å²) in [7, 11) is 1.64. The van der Waals surface area contributed by atoms with Crippen molar-refractivity contribution in [3.63, 3.8) is 0 Å². The Morgan fingerprint density at radius 1 is 1.29 bits per heavy atom. The summed E-state index contributed by atoms with van der Waals surface area (Å²) in [5, 5.41) is 9.94. The third-order valence-corrected chi connectivity index (χ3v) is 2.89. The van der Waals surface area contributed by atoms with Crippen molar-refractivity contribution in [1.29, 1.82) is 0 Å². The first-order valence-corrected chi connectivity index (χ1v) is 5.55. The third kappa shape index (κ3) is 3.87. The number of aliphatic hydroxyl groups excluding tert-OH is 1. The van der Waals surface area contributed by atoms with Crippen LogP contribution in [0.25, 0.3) is 0 Å². The lowest BCUT2D eigenvalue weighted by molar-refractivity contribution is 0.0977. The van der Waals surface area contributed by atoms with E-state index in [0.29, 0.717) is 0 Å². The van der Waals surface area contributed by atoms with Gasteiger partial charge in [0.25, 0.3) is 0 Å². The van der Waals surface area contributed by atoms with Crippen molar-refractivity contribution in [2.24, 2.45) is 11.7 Å². The van der Waals surface area contributed by atoms with Gasteiger partial charge in [0.2, 0.25) is 0 Å². The van der Waals surface area contributed by atoms with Gasteiger partial charge in [-0.25, -0.2) is 0 Å². The number of hydrogen-bond acceptors (Lipinski definition) is 3. The van der Waals surface area contributed by atoms with Gasteiger partial charge in [0.1, 0.15) is 5.75 Å². The SMILES string of the molecule is COc1ccc([C@H](N)[C@H](O)C(C)C)c(C)c1.Cl. The molecule has 0 radical (unpaired) electrons. The molecular weight excluding hydrogens is 238 g/mol. The average molecular weight is 260 g/mol. The summed E-state index contributed by atoms with van der Waals surface area (Å²) >= 11 is 0. The maximum absolute atomic E-state index is 9.94. The van der Waals surface area contributed by atoms with Crippen molar-refractivity contribution in [2.45, 2.75) is 32.9 Å². The van der Waals surface area contributed by atoms with Crippen molar-refractivity contribution in [1.82, 2.24) is 0 Å². The Balaban J connectivity index is 0.00000256. The van der Waals surface area contributed by atoms with E-state index in [1.165, 1.54) is 0 Å². The lowest BCUT2D eigenvalue weighted by Crippen LogP contribution is -2.31. The number of halogens is 1. The van der Waals surface area contributed by atoms with E-state index in [-0.39, 0.29) is 24.4 Å². The molecule has 0 saturated heterocycles. The van der Waals surface area contributed by atoms with Gasteiger partial charge in [-0.2, -0.15) is 0 Å². The molecule has 0 spiro atoms. The molecular formula is C13H22ClNO2. The second kappa shape index (κ2) is 6.84. The van der Waals surface area contributed by atoms with E-state index in [0.717, 1.165) is 16.9 Å². The van der Waals surface area contributed by atoms with Crippen LogP contribution in [-0.4, -0.2) is 18.3 Å². The van der Waals surface area contributed by atoms with E-state index < -0.39 is 6.10 Å². The highest BCUT2D eigenvalue weighted by Gasteiger charge is 2.21. The molecule has 0 heterocycles. The Morgan fingerprint density at radius 2 is 1.88 bits per heavy atom. The fraction of sp³-hybridized carbons (Fsp3) is 0.538. The zero-order chi connectivity index (χ0) is 12.3. The van der Waals surface area contributed by atoms with Crippen molar-refractivity contribution < 1.29 is 9.84 Å². The molecule has 0 aliphatic rings. The molecule has 0 amide bonds. The molecule has 17 heavy (non-hydrogen) atoms. The molecule has 1 rings (SSSR count). The van der Waals surface area contributed by atoms with Gasteiger partial charge >= 0.3 is 0 Å². The molecule has 0 bridgehead atoms. The van der Waals surface area contributed by atoms with Crippen LogP contribution in [0.2, 0.25) is 0 Å². The Morgan fingerprint density at radius 3 is 2.29 bits per heavy atom. The number of benzene rings is 1. The Hall–Kier alpha value is -0.770. The molecule has 0 aromatic heterocycles. The summed E-state index contributed by atoms with van der Waals surface area (Å²) < 4.78 is 5.13. The zero-order valence-electron chi connectivity index (χ0n) is 10.8. The van der Waals surface area contributed by atoms with Crippen LogP contribution in [0.4, 0.5) is 0 Å². The molecule has 1 aromatic rings. The van der Waals surface area contributed by atoms with Crippen LogP contribution >= 0.6 is 12.4 Å². The summed E-state index contributed by atoms with van der Waals surface area (Å²) in [4.78, 5) is 0. The first kappa shape index (κ1) is 16.2. The summed E-state index contributed by atoms with van der Waals surface area (Å²) in [6.45, 7) is 5.90. The standard InChI is InChI=1S/C13H21NO2.ClH/c1-8(2)13(15)12(14)11-6-5-10(16-4)7-9(11)3;/h5-8,12-13,15H,14H2,1-4H3;1H/t12-,13+;/m0./s1. The average Bonchev–Trinajstić information content (AvgIpc) is 2.26. The number of methoxy groups -OCH3 is 1. The number of aliphatic hydroxyl groups is 1. The van der Waals surface area contributed by atoms with Gasteiger partial charge in [0, 0.05) is 0 Å². The zero-order valence-corrected chi connectivity index (χ0v) is 11.6. The van der Waals surface area contributed by atoms with Crippen LogP contribution in [-0.2, 0) is 0 Å². The van der Waals surface area contributed by atoms with Gasteiger partial charge in [0.15, 0.2) is 0 Å². The summed E-state index contributed by atoms with van der Waals surface area (Å²) in [6, 6.07) is 5.38. The lowest BCUT2D eigenvalue weighted by Gasteiger charge is -2.24. The largest absolute Gasteiger partial charge is 0.497 e. The Kier molecular flexibility index (Phi) is 6.53. The third-order valence-electron chi connectivity index (χ3n) is 2.89. The van der Waals surface area contributed by atoms with E-state index in [4.69, 9.17) is 10.5 Å². The van der Waals surface area contributed by atoms with E-state index in [9.17, 15) is 5.11 Å². The van der Waals surface area contributed by atoms with E-state index in [2.05, 4.69) is 0 Å². The topological polar surface area (TPSA) is 55.5 Å². The monoisotopic (exact) mass is 259 g/mol. The lowest BCUT2D eigenvalue weighted by atomic mass is 9.92. The number of nitrogens with two attached hydrogens (primary N) is 1. The van der Waals surface area contributed by atoms with Crippen molar-refractivity contribution in [2.75, 3.05) is 7.11 Å². The smallest absolute Gasteiger partial charge is 0.119 e. The minimum Gasteiger partial charge on any atom is -0.497 e. The maximum atomic E-state index is 9.94. The molecule has 0 aliphatic carbocycles. The first-order chi connectivity index (χ1) is 7.47. The van der Waals surface area contributed by atoms with Gasteiger partial charge in [-0.15, -0.1) is 12.4 Å². The van der Waals surface area contributed by atoms with Gasteiger partial charge < -0.3 is 15.6 Å². The number of hydrogen-bond donors (Lipinski definition) is 2. The van der Waals surface area contributed by atoms with Crippen molar-refractivity contribution in [3.05, 3.63) is 29.3 Å². The maximum Gasteiger partial charge on any atom is 0.119 e. The molecule has 0 saturated carbocycles. The van der Waals surface area contributed by atoms with Crippen LogP contribution in [0.3, 0.4) is 0 Å². The Bertz CT molecular complexity index is 355. The van der Waals surface area contributed by atoms with Gasteiger partial charge in [-0.3, -0.25) is 0 Å². The molecule has 0 aliphatic heterocycles. The Labute approximate surface area is 109 Å². The van der Waals surface area contributed by atoms with E-state index >= 15 is 0 Å². The number of rotatable bonds is 4. The highest BCUT2D eigenvalue weighted by atomic mass is 35.5. The summed E-state index contributed by atoms with van der Waals surface area (Å²) in [6.07, 6.45) is -0.521. The minimum absolute atomic E-state index is 0. The molecule has 98 valence electrons. The highest BCUT2D eigenvalue weighted by Crippen LogP contribution is 2.25. The fourth-order valence-corrected chi connectivity index (χ4v) is 1.75. The van der Waals surface area contributed by atoms with Gasteiger partial charge in [-0.1, -0.05) is 19.9 Å². The van der Waals surface area contributed by atoms with Crippen LogP contribution in [0.1, 0.15) is 31.0 Å². The quantitative estimate of drug-likeness (QED) is 0.873. The number of aryl methyl sites for hydroxylation is 1. The van der Waals surface area contributed by atoms with Crippen molar-refractivity contribution in [3.8, 4) is 5.75 Å². The highest BCUT2D eigenvalue weighted by molar-refractivity contribution is 5.85. The van der Waals surface area contributed by atoms with Crippen LogP contribution in [0.5, 0.6) is 5.75 Å². The molecule has 3 nitrogen and oxygen atoms in total. The van der Waals surface area contributed by atoms with Crippen molar-refractivity contribution >= 4 is 12.4 Å². The van der Waals surface area contributed by atoms with E-state index in [1.807, 2.05) is 39.0 Å². The van der Waals surface area contributed by atoms with Gasteiger partial charge in [0.05, 0.1) is 19.3 Å². The second-order valence-corrected chi connectivity index (χ2v) is 4.48. The predicted molar refractivity (Wildman–Crippen MR) is 72.8 cm³/mol. The normalized spacial score (nSPS) is 14.1.